The summed E-state index contributed by atoms with van der Waals surface area (Å²) in [6, 6.07) is 14.4. The maximum absolute atomic E-state index is 4.19. The fraction of sp³-hybridized carbons (Fsp3) is 0.118. The molecule has 0 aliphatic rings. The second-order valence-corrected chi connectivity index (χ2v) is 4.84. The number of nitrogens with one attached hydrogen (secondary N) is 1. The Morgan fingerprint density at radius 3 is 2.57 bits per heavy atom. The van der Waals surface area contributed by atoms with Crippen molar-refractivity contribution in [1.29, 1.82) is 0 Å². The molecule has 0 atom stereocenters. The summed E-state index contributed by atoms with van der Waals surface area (Å²) in [5.74, 6) is 0.846. The Labute approximate surface area is 123 Å². The molecule has 104 valence electrons. The van der Waals surface area contributed by atoms with Crippen LogP contribution in [-0.2, 0) is 6.54 Å². The van der Waals surface area contributed by atoms with Gasteiger partial charge in [0.2, 0.25) is 0 Å². The number of hydrogen-bond acceptors (Lipinski definition) is 4. The number of aromatic nitrogens is 3. The number of anilines is 1. The van der Waals surface area contributed by atoms with E-state index in [-0.39, 0.29) is 0 Å². The standard InChI is InChI=1S/C17H16N4/c1-13-9-17(21-12-20-13)19-10-14-4-6-15(7-5-14)16-3-2-8-18-11-16/h2-9,11-12H,10H2,1H3,(H,19,20,21). The quantitative estimate of drug-likeness (QED) is 0.793. The Balaban J connectivity index is 1.68. The van der Waals surface area contributed by atoms with Gasteiger partial charge in [0.15, 0.2) is 0 Å². The summed E-state index contributed by atoms with van der Waals surface area (Å²) in [5.41, 5.74) is 4.46. The van der Waals surface area contributed by atoms with E-state index < -0.39 is 0 Å². The molecule has 0 unspecified atom stereocenters. The first-order valence-corrected chi connectivity index (χ1v) is 6.83. The van der Waals surface area contributed by atoms with Crippen LogP contribution >= 0.6 is 0 Å². The minimum absolute atomic E-state index is 0.740. The maximum atomic E-state index is 4.19. The lowest BCUT2D eigenvalue weighted by Gasteiger charge is -2.07. The van der Waals surface area contributed by atoms with Crippen molar-refractivity contribution in [3.63, 3.8) is 0 Å². The van der Waals surface area contributed by atoms with E-state index in [4.69, 9.17) is 0 Å². The van der Waals surface area contributed by atoms with Crippen molar-refractivity contribution in [2.24, 2.45) is 0 Å². The molecular weight excluding hydrogens is 260 g/mol. The van der Waals surface area contributed by atoms with E-state index in [0.717, 1.165) is 23.6 Å². The lowest BCUT2D eigenvalue weighted by atomic mass is 10.1. The van der Waals surface area contributed by atoms with Crippen molar-refractivity contribution in [2.75, 3.05) is 5.32 Å². The molecule has 4 nitrogen and oxygen atoms in total. The monoisotopic (exact) mass is 276 g/mol. The van der Waals surface area contributed by atoms with Crippen LogP contribution in [-0.4, -0.2) is 15.0 Å². The van der Waals surface area contributed by atoms with Crippen LogP contribution in [0.2, 0.25) is 0 Å². The van der Waals surface area contributed by atoms with E-state index in [1.54, 1.807) is 12.5 Å². The van der Waals surface area contributed by atoms with Gasteiger partial charge in [-0.2, -0.15) is 0 Å². The molecule has 0 bridgehead atoms. The van der Waals surface area contributed by atoms with Gasteiger partial charge in [-0.1, -0.05) is 30.3 Å². The number of benzene rings is 1. The largest absolute Gasteiger partial charge is 0.366 e. The first kappa shape index (κ1) is 13.2. The third kappa shape index (κ3) is 3.42. The summed E-state index contributed by atoms with van der Waals surface area (Å²) in [7, 11) is 0. The summed E-state index contributed by atoms with van der Waals surface area (Å²) in [5, 5.41) is 3.30. The lowest BCUT2D eigenvalue weighted by Crippen LogP contribution is -2.02. The summed E-state index contributed by atoms with van der Waals surface area (Å²) in [4.78, 5) is 12.4. The zero-order valence-electron chi connectivity index (χ0n) is 11.8. The topological polar surface area (TPSA) is 50.7 Å². The second-order valence-electron chi connectivity index (χ2n) is 4.84. The highest BCUT2D eigenvalue weighted by atomic mass is 15.0. The summed E-state index contributed by atoms with van der Waals surface area (Å²) in [6.07, 6.45) is 5.23. The molecule has 3 aromatic rings. The number of aryl methyl sites for hydroxylation is 1. The van der Waals surface area contributed by atoms with E-state index >= 15 is 0 Å². The van der Waals surface area contributed by atoms with E-state index in [1.165, 1.54) is 11.1 Å². The van der Waals surface area contributed by atoms with Crippen LogP contribution in [0.3, 0.4) is 0 Å². The van der Waals surface area contributed by atoms with Crippen molar-refractivity contribution in [1.82, 2.24) is 15.0 Å². The number of rotatable bonds is 4. The van der Waals surface area contributed by atoms with Crippen molar-refractivity contribution in [2.45, 2.75) is 13.5 Å². The van der Waals surface area contributed by atoms with Gasteiger partial charge >= 0.3 is 0 Å². The molecule has 2 heterocycles. The van der Waals surface area contributed by atoms with Gasteiger partial charge in [-0.15, -0.1) is 0 Å². The summed E-state index contributed by atoms with van der Waals surface area (Å²) in [6.45, 7) is 2.69. The molecule has 1 N–H and O–H groups in total. The number of pyridine rings is 1. The Morgan fingerprint density at radius 2 is 1.86 bits per heavy atom. The van der Waals surface area contributed by atoms with Crippen LogP contribution in [0, 0.1) is 6.92 Å². The highest BCUT2D eigenvalue weighted by Gasteiger charge is 1.99. The Hall–Kier alpha value is -2.75. The van der Waals surface area contributed by atoms with E-state index in [2.05, 4.69) is 50.6 Å². The minimum atomic E-state index is 0.740. The number of hydrogen-bond donors (Lipinski definition) is 1. The lowest BCUT2D eigenvalue weighted by molar-refractivity contribution is 1.05. The maximum Gasteiger partial charge on any atom is 0.129 e. The third-order valence-corrected chi connectivity index (χ3v) is 3.23. The summed E-state index contributed by atoms with van der Waals surface area (Å²) < 4.78 is 0. The van der Waals surface area contributed by atoms with Crippen LogP contribution in [0.25, 0.3) is 11.1 Å². The van der Waals surface area contributed by atoms with Gasteiger partial charge < -0.3 is 5.32 Å². The molecule has 2 aromatic heterocycles. The minimum Gasteiger partial charge on any atom is -0.366 e. The van der Waals surface area contributed by atoms with Gasteiger partial charge in [-0.3, -0.25) is 4.98 Å². The third-order valence-electron chi connectivity index (χ3n) is 3.23. The smallest absolute Gasteiger partial charge is 0.129 e. The van der Waals surface area contributed by atoms with Crippen molar-refractivity contribution in [3.05, 3.63) is 72.4 Å². The first-order valence-electron chi connectivity index (χ1n) is 6.83. The second kappa shape index (κ2) is 6.13. The molecule has 0 aliphatic heterocycles. The molecule has 21 heavy (non-hydrogen) atoms. The molecule has 3 rings (SSSR count). The van der Waals surface area contributed by atoms with Gasteiger partial charge in [-0.05, 0) is 29.7 Å². The molecule has 1 aromatic carbocycles. The Kier molecular flexibility index (Phi) is 3.87. The van der Waals surface area contributed by atoms with Gasteiger partial charge in [0, 0.05) is 30.7 Å². The molecule has 0 amide bonds. The van der Waals surface area contributed by atoms with Crippen LogP contribution in [0.1, 0.15) is 11.3 Å². The first-order chi connectivity index (χ1) is 10.3. The fourth-order valence-electron chi connectivity index (χ4n) is 2.09. The molecule has 0 radical (unpaired) electrons. The van der Waals surface area contributed by atoms with Crippen molar-refractivity contribution in [3.8, 4) is 11.1 Å². The molecule has 4 heteroatoms. The van der Waals surface area contributed by atoms with E-state index in [0.29, 0.717) is 0 Å². The highest BCUT2D eigenvalue weighted by Crippen LogP contribution is 2.18. The van der Waals surface area contributed by atoms with Crippen LogP contribution in [0.5, 0.6) is 0 Å². The van der Waals surface area contributed by atoms with E-state index in [9.17, 15) is 0 Å². The van der Waals surface area contributed by atoms with Gasteiger partial charge in [0.25, 0.3) is 0 Å². The molecule has 0 saturated heterocycles. The fourth-order valence-corrected chi connectivity index (χ4v) is 2.09. The molecular formula is C17H16N4. The van der Waals surface area contributed by atoms with E-state index in [1.807, 2.05) is 25.3 Å². The van der Waals surface area contributed by atoms with Gasteiger partial charge in [0.05, 0.1) is 0 Å². The zero-order chi connectivity index (χ0) is 14.5. The normalized spacial score (nSPS) is 10.3. The molecule has 0 spiro atoms. The predicted molar refractivity (Wildman–Crippen MR) is 83.8 cm³/mol. The van der Waals surface area contributed by atoms with Crippen LogP contribution in [0.4, 0.5) is 5.82 Å². The summed E-state index contributed by atoms with van der Waals surface area (Å²) >= 11 is 0. The van der Waals surface area contributed by atoms with Gasteiger partial charge in [-0.25, -0.2) is 9.97 Å². The van der Waals surface area contributed by atoms with Crippen LogP contribution in [0.15, 0.2) is 61.2 Å². The highest BCUT2D eigenvalue weighted by molar-refractivity contribution is 5.62. The van der Waals surface area contributed by atoms with Crippen molar-refractivity contribution < 1.29 is 0 Å². The number of nitrogens with zero attached hydrogens (tertiary/aromatic N) is 3. The zero-order valence-corrected chi connectivity index (χ0v) is 11.8. The molecule has 0 fully saturated rings. The average molecular weight is 276 g/mol. The molecule has 0 aliphatic carbocycles. The predicted octanol–water partition coefficient (Wildman–Crippen LogP) is 3.46. The Bertz CT molecular complexity index is 708. The Morgan fingerprint density at radius 1 is 1.00 bits per heavy atom. The van der Waals surface area contributed by atoms with Crippen LogP contribution < -0.4 is 5.32 Å². The average Bonchev–Trinajstić information content (AvgIpc) is 2.54. The van der Waals surface area contributed by atoms with Crippen molar-refractivity contribution >= 4 is 5.82 Å². The SMILES string of the molecule is Cc1cc(NCc2ccc(-c3cccnc3)cc2)ncn1. The van der Waals surface area contributed by atoms with Gasteiger partial charge in [0.1, 0.15) is 12.1 Å². The molecule has 0 saturated carbocycles.